The van der Waals surface area contributed by atoms with Gasteiger partial charge in [-0.15, -0.1) is 0 Å². The second-order valence-corrected chi connectivity index (χ2v) is 7.01. The fraction of sp³-hybridized carbons (Fsp3) is 0.238. The van der Waals surface area contributed by atoms with E-state index < -0.39 is 0 Å². The Labute approximate surface area is 166 Å². The van der Waals surface area contributed by atoms with Crippen LogP contribution in [-0.4, -0.2) is 25.8 Å². The molecule has 0 aliphatic carbocycles. The summed E-state index contributed by atoms with van der Waals surface area (Å²) < 4.78 is 20.4. The van der Waals surface area contributed by atoms with Crippen molar-refractivity contribution in [2.75, 3.05) is 0 Å². The Morgan fingerprint density at radius 2 is 1.97 bits per heavy atom. The van der Waals surface area contributed by atoms with E-state index in [4.69, 9.17) is 4.52 Å². The second-order valence-electron chi connectivity index (χ2n) is 7.01. The van der Waals surface area contributed by atoms with Crippen LogP contribution in [0.1, 0.15) is 40.3 Å². The average molecular weight is 393 g/mol. The zero-order chi connectivity index (χ0) is 20.7. The fourth-order valence-corrected chi connectivity index (χ4v) is 3.34. The van der Waals surface area contributed by atoms with Crippen LogP contribution in [0.5, 0.6) is 0 Å². The van der Waals surface area contributed by atoms with Gasteiger partial charge in [0.1, 0.15) is 5.82 Å². The normalized spacial score (nSPS) is 12.3. The van der Waals surface area contributed by atoms with Gasteiger partial charge in [-0.1, -0.05) is 5.16 Å². The minimum absolute atomic E-state index is 0.242. The molecule has 0 radical (unpaired) electrons. The number of carbonyl (C=O) groups is 1. The number of amides is 1. The van der Waals surface area contributed by atoms with Crippen LogP contribution in [0.3, 0.4) is 0 Å². The highest BCUT2D eigenvalue weighted by molar-refractivity contribution is 6.07. The Bertz CT molecular complexity index is 1210. The van der Waals surface area contributed by atoms with Gasteiger partial charge < -0.3 is 9.84 Å². The lowest BCUT2D eigenvalue weighted by Crippen LogP contribution is -2.27. The summed E-state index contributed by atoms with van der Waals surface area (Å²) in [6.45, 7) is 5.62. The first-order chi connectivity index (χ1) is 13.8. The summed E-state index contributed by atoms with van der Waals surface area (Å²) in [5.41, 5.74) is 4.34. The van der Waals surface area contributed by atoms with E-state index in [-0.39, 0.29) is 23.5 Å². The first-order valence-corrected chi connectivity index (χ1v) is 9.17. The molecule has 1 N–H and O–H groups in total. The van der Waals surface area contributed by atoms with Crippen molar-refractivity contribution in [1.29, 1.82) is 0 Å². The van der Waals surface area contributed by atoms with Crippen LogP contribution in [0.4, 0.5) is 4.39 Å². The molecule has 3 heterocycles. The van der Waals surface area contributed by atoms with Crippen LogP contribution >= 0.6 is 0 Å². The van der Waals surface area contributed by atoms with Gasteiger partial charge in [0.05, 0.1) is 34.6 Å². The van der Waals surface area contributed by atoms with E-state index in [1.54, 1.807) is 36.0 Å². The lowest BCUT2D eigenvalue weighted by molar-refractivity contribution is 0.0941. The largest absolute Gasteiger partial charge is 0.345 e. The highest BCUT2D eigenvalue weighted by atomic mass is 19.1. The van der Waals surface area contributed by atoms with E-state index >= 15 is 0 Å². The van der Waals surface area contributed by atoms with Crippen molar-refractivity contribution in [1.82, 2.24) is 25.2 Å². The maximum absolute atomic E-state index is 13.3. The van der Waals surface area contributed by atoms with Crippen LogP contribution < -0.4 is 5.32 Å². The predicted octanol–water partition coefficient (Wildman–Crippen LogP) is 3.87. The van der Waals surface area contributed by atoms with E-state index in [0.717, 1.165) is 11.3 Å². The first-order valence-electron chi connectivity index (χ1n) is 9.17. The number of carbonyl (C=O) groups excluding carboxylic acids is 1. The molecule has 0 spiro atoms. The predicted molar refractivity (Wildman–Crippen MR) is 106 cm³/mol. The third-order valence-electron chi connectivity index (χ3n) is 5.09. The van der Waals surface area contributed by atoms with Gasteiger partial charge in [0, 0.05) is 23.9 Å². The number of aromatic nitrogens is 4. The lowest BCUT2D eigenvalue weighted by atomic mass is 10.0. The van der Waals surface area contributed by atoms with E-state index in [0.29, 0.717) is 27.9 Å². The SMILES string of the molecule is Cc1noc2nc(-c3ccc(F)cc3)cc(C(=O)N[C@H](C)c3cnn(C)c3C)c12. The highest BCUT2D eigenvalue weighted by Gasteiger charge is 2.22. The van der Waals surface area contributed by atoms with Crippen molar-refractivity contribution in [2.45, 2.75) is 26.8 Å². The molecule has 4 aromatic rings. The molecule has 4 rings (SSSR count). The Hall–Kier alpha value is -3.55. The summed E-state index contributed by atoms with van der Waals surface area (Å²) in [6, 6.07) is 7.35. The number of hydrogen-bond acceptors (Lipinski definition) is 5. The zero-order valence-electron chi connectivity index (χ0n) is 16.5. The highest BCUT2D eigenvalue weighted by Crippen LogP contribution is 2.28. The zero-order valence-corrected chi connectivity index (χ0v) is 16.5. The Balaban J connectivity index is 1.75. The van der Waals surface area contributed by atoms with Gasteiger partial charge in [-0.3, -0.25) is 9.48 Å². The molecular weight excluding hydrogens is 373 g/mol. The van der Waals surface area contributed by atoms with Crippen molar-refractivity contribution in [3.05, 3.63) is 64.9 Å². The molecule has 7 nitrogen and oxygen atoms in total. The molecule has 1 amide bonds. The summed E-state index contributed by atoms with van der Waals surface area (Å²) in [7, 11) is 1.86. The molecule has 0 bridgehead atoms. The van der Waals surface area contributed by atoms with Crippen molar-refractivity contribution in [3.63, 3.8) is 0 Å². The number of halogens is 1. The molecule has 0 aliphatic rings. The Morgan fingerprint density at radius 3 is 2.62 bits per heavy atom. The van der Waals surface area contributed by atoms with Crippen molar-refractivity contribution < 1.29 is 13.7 Å². The van der Waals surface area contributed by atoms with E-state index in [2.05, 4.69) is 20.6 Å². The van der Waals surface area contributed by atoms with Gasteiger partial charge in [-0.05, 0) is 51.1 Å². The van der Waals surface area contributed by atoms with Gasteiger partial charge in [-0.25, -0.2) is 9.37 Å². The number of nitrogens with one attached hydrogen (secondary N) is 1. The van der Waals surface area contributed by atoms with Gasteiger partial charge in [-0.2, -0.15) is 5.10 Å². The number of rotatable bonds is 4. The summed E-state index contributed by atoms with van der Waals surface area (Å²) >= 11 is 0. The van der Waals surface area contributed by atoms with E-state index in [1.807, 2.05) is 20.9 Å². The quantitative estimate of drug-likeness (QED) is 0.569. The Kier molecular flexibility index (Phi) is 4.62. The minimum atomic E-state index is -0.344. The minimum Gasteiger partial charge on any atom is -0.345 e. The topological polar surface area (TPSA) is 85.8 Å². The summed E-state index contributed by atoms with van der Waals surface area (Å²) in [5, 5.41) is 11.8. The number of pyridine rings is 1. The number of hydrogen-bond donors (Lipinski definition) is 1. The monoisotopic (exact) mass is 393 g/mol. The lowest BCUT2D eigenvalue weighted by Gasteiger charge is -2.15. The number of aryl methyl sites for hydroxylation is 2. The van der Waals surface area contributed by atoms with E-state index in [1.165, 1.54) is 12.1 Å². The van der Waals surface area contributed by atoms with Crippen LogP contribution in [-0.2, 0) is 7.05 Å². The molecule has 1 atom stereocenters. The van der Waals surface area contributed by atoms with Crippen LogP contribution in [0.25, 0.3) is 22.4 Å². The van der Waals surface area contributed by atoms with Crippen molar-refractivity contribution in [2.24, 2.45) is 7.05 Å². The fourth-order valence-electron chi connectivity index (χ4n) is 3.34. The molecular formula is C21H20FN5O2. The first kappa shape index (κ1) is 18.8. The van der Waals surface area contributed by atoms with Crippen LogP contribution in [0, 0.1) is 19.7 Å². The maximum Gasteiger partial charge on any atom is 0.259 e. The average Bonchev–Trinajstić information content (AvgIpc) is 3.24. The number of benzene rings is 1. The smallest absolute Gasteiger partial charge is 0.259 e. The van der Waals surface area contributed by atoms with Crippen LogP contribution in [0.2, 0.25) is 0 Å². The van der Waals surface area contributed by atoms with Gasteiger partial charge >= 0.3 is 0 Å². The van der Waals surface area contributed by atoms with E-state index in [9.17, 15) is 9.18 Å². The molecule has 3 aromatic heterocycles. The molecule has 0 unspecified atom stereocenters. The summed E-state index contributed by atoms with van der Waals surface area (Å²) in [6.07, 6.45) is 1.75. The van der Waals surface area contributed by atoms with Gasteiger partial charge in [0.2, 0.25) is 0 Å². The van der Waals surface area contributed by atoms with Crippen molar-refractivity contribution in [3.8, 4) is 11.3 Å². The number of nitrogens with zero attached hydrogens (tertiary/aromatic N) is 4. The Morgan fingerprint density at radius 1 is 1.24 bits per heavy atom. The van der Waals surface area contributed by atoms with Crippen molar-refractivity contribution >= 4 is 17.0 Å². The summed E-state index contributed by atoms with van der Waals surface area (Å²) in [5.74, 6) is -0.619. The molecule has 0 saturated heterocycles. The molecule has 29 heavy (non-hydrogen) atoms. The van der Waals surface area contributed by atoms with Gasteiger partial charge in [0.15, 0.2) is 0 Å². The molecule has 0 saturated carbocycles. The van der Waals surface area contributed by atoms with Crippen LogP contribution in [0.15, 0.2) is 41.1 Å². The third-order valence-corrected chi connectivity index (χ3v) is 5.09. The standard InChI is InChI=1S/C21H20FN5O2/c1-11(17-10-23-27(4)13(17)3)24-20(28)16-9-18(14-5-7-15(22)8-6-14)25-21-19(16)12(2)26-29-21/h5-11H,1-4H3,(H,24,28)/t11-/m1/s1. The summed E-state index contributed by atoms with van der Waals surface area (Å²) in [4.78, 5) is 17.6. The number of fused-ring (bicyclic) bond motifs is 1. The molecule has 1 aromatic carbocycles. The third kappa shape index (κ3) is 3.37. The molecule has 148 valence electrons. The molecule has 0 aliphatic heterocycles. The second kappa shape index (κ2) is 7.12. The van der Waals surface area contributed by atoms with Gasteiger partial charge in [0.25, 0.3) is 11.6 Å². The molecule has 0 fully saturated rings. The molecule has 8 heteroatoms. The maximum atomic E-state index is 13.3.